The van der Waals surface area contributed by atoms with Crippen LogP contribution in [0.5, 0.6) is 0 Å². The van der Waals surface area contributed by atoms with Gasteiger partial charge in [-0.1, -0.05) is 27.5 Å². The second-order valence-electron chi connectivity index (χ2n) is 3.29. The number of phosphoric ester groups is 1. The second-order valence-corrected chi connectivity index (χ2v) is 6.28. The summed E-state index contributed by atoms with van der Waals surface area (Å²) in [4.78, 5) is 0. The van der Waals surface area contributed by atoms with Gasteiger partial charge in [-0.25, -0.2) is 4.57 Å². The minimum atomic E-state index is -3.49. The lowest BCUT2D eigenvalue weighted by atomic mass is 10.2. The normalized spacial score (nSPS) is 11.8. The van der Waals surface area contributed by atoms with Gasteiger partial charge in [-0.2, -0.15) is 0 Å². The number of halogens is 2. The van der Waals surface area contributed by atoms with Crippen LogP contribution in [0.3, 0.4) is 0 Å². The molecule has 0 atom stereocenters. The molecule has 4 nitrogen and oxygen atoms in total. The highest BCUT2D eigenvalue weighted by Crippen LogP contribution is 2.50. The average Bonchev–Trinajstić information content (AvgIpc) is 2.31. The minimum absolute atomic E-state index is 0.0650. The molecule has 1 rings (SSSR count). The maximum absolute atomic E-state index is 12.1. The highest BCUT2D eigenvalue weighted by molar-refractivity contribution is 9.10. The molecule has 1 aromatic rings. The van der Waals surface area contributed by atoms with Crippen LogP contribution in [0, 0.1) is 0 Å². The lowest BCUT2D eigenvalue weighted by molar-refractivity contribution is 0.116. The maximum atomic E-state index is 12.1. The van der Waals surface area contributed by atoms with Crippen molar-refractivity contribution in [3.05, 3.63) is 33.3 Å². The largest absolute Gasteiger partial charge is 0.475 e. The summed E-state index contributed by atoms with van der Waals surface area (Å²) in [6.45, 7) is 4.02. The van der Waals surface area contributed by atoms with Crippen molar-refractivity contribution in [2.45, 2.75) is 20.5 Å². The van der Waals surface area contributed by atoms with Crippen LogP contribution in [-0.4, -0.2) is 13.2 Å². The highest BCUT2D eigenvalue weighted by Gasteiger charge is 2.25. The summed E-state index contributed by atoms with van der Waals surface area (Å²) in [6.07, 6.45) is 0. The van der Waals surface area contributed by atoms with Gasteiger partial charge >= 0.3 is 7.82 Å². The molecule has 0 heterocycles. The summed E-state index contributed by atoms with van der Waals surface area (Å²) < 4.78 is 28.2. The van der Waals surface area contributed by atoms with E-state index in [9.17, 15) is 4.57 Å². The Labute approximate surface area is 120 Å². The molecule has 0 spiro atoms. The average molecular weight is 358 g/mol. The Hall–Kier alpha value is 0.1000. The molecule has 18 heavy (non-hydrogen) atoms. The third kappa shape index (κ3) is 5.00. The van der Waals surface area contributed by atoms with Crippen LogP contribution >= 0.6 is 35.4 Å². The monoisotopic (exact) mass is 356 g/mol. The molecule has 0 aliphatic carbocycles. The number of phosphoric acid groups is 1. The van der Waals surface area contributed by atoms with Crippen LogP contribution in [0.25, 0.3) is 0 Å². The fourth-order valence-electron chi connectivity index (χ4n) is 1.23. The molecule has 0 bridgehead atoms. The lowest BCUT2D eigenvalue weighted by Crippen LogP contribution is -2.01. The summed E-state index contributed by atoms with van der Waals surface area (Å²) in [6, 6.07) is 5.34. The third-order valence-corrected chi connectivity index (χ3v) is 4.42. The van der Waals surface area contributed by atoms with Crippen LogP contribution in [0.2, 0.25) is 5.02 Å². The van der Waals surface area contributed by atoms with Crippen molar-refractivity contribution in [2.24, 2.45) is 0 Å². The van der Waals surface area contributed by atoms with Crippen LogP contribution in [-0.2, 0) is 24.7 Å². The zero-order valence-electron chi connectivity index (χ0n) is 10.2. The molecule has 0 aliphatic heterocycles. The fraction of sp³-hybridized carbons (Fsp3) is 0.455. The number of hydrogen-bond donors (Lipinski definition) is 0. The lowest BCUT2D eigenvalue weighted by Gasteiger charge is -2.16. The van der Waals surface area contributed by atoms with E-state index in [2.05, 4.69) is 15.9 Å². The first-order chi connectivity index (χ1) is 8.50. The van der Waals surface area contributed by atoms with Crippen molar-refractivity contribution in [3.63, 3.8) is 0 Å². The molecule has 0 saturated carbocycles. The summed E-state index contributed by atoms with van der Waals surface area (Å²) in [5.74, 6) is 0. The molecule has 1 aromatic carbocycles. The van der Waals surface area contributed by atoms with Gasteiger partial charge in [0.2, 0.25) is 0 Å². The summed E-state index contributed by atoms with van der Waals surface area (Å²) in [5, 5.41) is 0.540. The van der Waals surface area contributed by atoms with E-state index in [1.165, 1.54) is 0 Å². The van der Waals surface area contributed by atoms with Crippen molar-refractivity contribution in [1.82, 2.24) is 0 Å². The van der Waals surface area contributed by atoms with E-state index >= 15 is 0 Å². The van der Waals surface area contributed by atoms with Gasteiger partial charge in [0, 0.05) is 9.50 Å². The summed E-state index contributed by atoms with van der Waals surface area (Å²) >= 11 is 9.34. The van der Waals surface area contributed by atoms with E-state index < -0.39 is 7.82 Å². The first-order valence-corrected chi connectivity index (χ1v) is 8.11. The quantitative estimate of drug-likeness (QED) is 0.658. The van der Waals surface area contributed by atoms with Crippen LogP contribution in [0.1, 0.15) is 19.4 Å². The molecule has 0 radical (unpaired) electrons. The Morgan fingerprint density at radius 2 is 1.83 bits per heavy atom. The molecular formula is C11H15BrClO4P. The molecule has 7 heteroatoms. The highest BCUT2D eigenvalue weighted by atomic mass is 79.9. The van der Waals surface area contributed by atoms with Gasteiger partial charge in [0.1, 0.15) is 0 Å². The zero-order chi connectivity index (χ0) is 13.6. The van der Waals surface area contributed by atoms with Crippen molar-refractivity contribution >= 4 is 35.4 Å². The predicted molar refractivity (Wildman–Crippen MR) is 74.8 cm³/mol. The van der Waals surface area contributed by atoms with Gasteiger partial charge in [-0.15, -0.1) is 0 Å². The zero-order valence-corrected chi connectivity index (χ0v) is 13.4. The topological polar surface area (TPSA) is 44.8 Å². The Balaban J connectivity index is 2.72. The molecule has 0 unspecified atom stereocenters. The van der Waals surface area contributed by atoms with E-state index in [4.69, 9.17) is 25.2 Å². The first kappa shape index (κ1) is 16.2. The van der Waals surface area contributed by atoms with E-state index in [-0.39, 0.29) is 19.8 Å². The number of benzene rings is 1. The first-order valence-electron chi connectivity index (χ1n) is 5.48. The Morgan fingerprint density at radius 1 is 1.22 bits per heavy atom. The smallest absolute Gasteiger partial charge is 0.287 e. The van der Waals surface area contributed by atoms with Crippen molar-refractivity contribution in [3.8, 4) is 0 Å². The molecule has 0 saturated heterocycles. The third-order valence-electron chi connectivity index (χ3n) is 1.96. The Kier molecular flexibility index (Phi) is 6.85. The molecular weight excluding hydrogens is 342 g/mol. The fourth-order valence-corrected chi connectivity index (χ4v) is 2.96. The van der Waals surface area contributed by atoms with E-state index in [1.807, 2.05) is 6.07 Å². The van der Waals surface area contributed by atoms with Gasteiger partial charge in [0.25, 0.3) is 0 Å². The second kappa shape index (κ2) is 7.63. The summed E-state index contributed by atoms with van der Waals surface area (Å²) in [7, 11) is -3.49. The van der Waals surface area contributed by atoms with E-state index in [1.54, 1.807) is 26.0 Å². The van der Waals surface area contributed by atoms with Gasteiger partial charge < -0.3 is 0 Å². The Bertz CT molecular complexity index is 431. The molecule has 0 N–H and O–H groups in total. The SMILES string of the molecule is CCOP(=O)(OCC)OCc1cc(Br)ccc1Cl. The van der Waals surface area contributed by atoms with Gasteiger partial charge in [0.05, 0.1) is 19.8 Å². The molecule has 0 aliphatic rings. The minimum Gasteiger partial charge on any atom is -0.287 e. The Morgan fingerprint density at radius 3 is 2.39 bits per heavy atom. The number of rotatable bonds is 7. The van der Waals surface area contributed by atoms with E-state index in [0.717, 1.165) is 4.47 Å². The van der Waals surface area contributed by atoms with Crippen molar-refractivity contribution in [1.29, 1.82) is 0 Å². The van der Waals surface area contributed by atoms with Gasteiger partial charge in [-0.05, 0) is 37.6 Å². The van der Waals surface area contributed by atoms with Crippen LogP contribution in [0.15, 0.2) is 22.7 Å². The molecule has 0 amide bonds. The van der Waals surface area contributed by atoms with Crippen molar-refractivity contribution < 1.29 is 18.1 Å². The standard InChI is InChI=1S/C11H15BrClO4P/c1-3-15-18(14,16-4-2)17-8-9-7-10(12)5-6-11(9)13/h5-7H,3-4,8H2,1-2H3. The van der Waals surface area contributed by atoms with E-state index in [0.29, 0.717) is 10.6 Å². The summed E-state index contributed by atoms with van der Waals surface area (Å²) in [5.41, 5.74) is 0.714. The molecule has 0 fully saturated rings. The number of hydrogen-bond acceptors (Lipinski definition) is 4. The van der Waals surface area contributed by atoms with Gasteiger partial charge in [0.15, 0.2) is 0 Å². The molecule has 0 aromatic heterocycles. The molecule has 102 valence electrons. The van der Waals surface area contributed by atoms with Crippen LogP contribution in [0.4, 0.5) is 0 Å². The predicted octanol–water partition coefficient (Wildman–Crippen LogP) is 4.80. The van der Waals surface area contributed by atoms with Crippen LogP contribution < -0.4 is 0 Å². The maximum Gasteiger partial charge on any atom is 0.475 e. The van der Waals surface area contributed by atoms with Crippen molar-refractivity contribution in [2.75, 3.05) is 13.2 Å². The van der Waals surface area contributed by atoms with Gasteiger partial charge in [-0.3, -0.25) is 13.6 Å².